The monoisotopic (exact) mass is 279 g/mol. The van der Waals surface area contributed by atoms with Crippen LogP contribution in [0.1, 0.15) is 19.9 Å². The second-order valence-corrected chi connectivity index (χ2v) is 4.95. The van der Waals surface area contributed by atoms with Gasteiger partial charge in [-0.15, -0.1) is 5.10 Å². The molecule has 0 saturated heterocycles. The van der Waals surface area contributed by atoms with Gasteiger partial charge in [0.1, 0.15) is 5.82 Å². The van der Waals surface area contributed by atoms with Crippen molar-refractivity contribution >= 4 is 5.69 Å². The molecule has 2 aromatic rings. The predicted molar refractivity (Wildman–Crippen MR) is 73.4 cm³/mol. The fourth-order valence-electron chi connectivity index (χ4n) is 2.01. The summed E-state index contributed by atoms with van der Waals surface area (Å²) >= 11 is 0. The minimum atomic E-state index is -0.454. The number of nitrogens with zero attached hydrogens (tertiary/aromatic N) is 4. The van der Waals surface area contributed by atoms with E-state index in [-0.39, 0.29) is 17.6 Å². The molecule has 0 amide bonds. The molecular formula is C13H18FN5O. The molecule has 2 rings (SSSR count). The van der Waals surface area contributed by atoms with E-state index in [9.17, 15) is 4.39 Å². The van der Waals surface area contributed by atoms with Crippen molar-refractivity contribution in [1.29, 1.82) is 0 Å². The summed E-state index contributed by atoms with van der Waals surface area (Å²) in [4.78, 5) is 0. The summed E-state index contributed by atoms with van der Waals surface area (Å²) in [5, 5.41) is 11.7. The Morgan fingerprint density at radius 3 is 2.75 bits per heavy atom. The molecule has 1 atom stereocenters. The molecular weight excluding hydrogens is 261 g/mol. The van der Waals surface area contributed by atoms with Gasteiger partial charge in [-0.05, 0) is 34.5 Å². The molecule has 1 heterocycles. The highest BCUT2D eigenvalue weighted by Gasteiger charge is 2.21. The molecule has 6 nitrogen and oxygen atoms in total. The van der Waals surface area contributed by atoms with Gasteiger partial charge >= 0.3 is 0 Å². The van der Waals surface area contributed by atoms with E-state index in [0.717, 1.165) is 0 Å². The minimum Gasteiger partial charge on any atom is -0.396 e. The number of nitrogens with two attached hydrogens (primary N) is 1. The maximum Gasteiger partial charge on any atom is 0.182 e. The molecule has 7 heteroatoms. The Bertz CT molecular complexity index is 584. The number of tetrazole rings is 1. The van der Waals surface area contributed by atoms with Gasteiger partial charge in [0.05, 0.1) is 18.3 Å². The highest BCUT2D eigenvalue weighted by Crippen LogP contribution is 2.26. The Kier molecular flexibility index (Phi) is 4.29. The lowest BCUT2D eigenvalue weighted by Crippen LogP contribution is -2.22. The Labute approximate surface area is 116 Å². The summed E-state index contributed by atoms with van der Waals surface area (Å²) < 4.78 is 20.2. The van der Waals surface area contributed by atoms with E-state index in [4.69, 9.17) is 10.5 Å². The van der Waals surface area contributed by atoms with E-state index >= 15 is 0 Å². The summed E-state index contributed by atoms with van der Waals surface area (Å²) in [6.07, 6.45) is 0. The van der Waals surface area contributed by atoms with E-state index in [2.05, 4.69) is 29.4 Å². The van der Waals surface area contributed by atoms with Gasteiger partial charge in [-0.2, -0.15) is 0 Å². The summed E-state index contributed by atoms with van der Waals surface area (Å²) in [5.41, 5.74) is 6.34. The van der Waals surface area contributed by atoms with Crippen LogP contribution in [0, 0.1) is 11.7 Å². The summed E-state index contributed by atoms with van der Waals surface area (Å²) in [6.45, 7) is 4.62. The van der Waals surface area contributed by atoms with Gasteiger partial charge < -0.3 is 10.5 Å². The third-order valence-corrected chi connectivity index (χ3v) is 3.17. The van der Waals surface area contributed by atoms with Gasteiger partial charge in [0.2, 0.25) is 0 Å². The number of nitrogen functional groups attached to an aromatic ring is 1. The van der Waals surface area contributed by atoms with Gasteiger partial charge in [0.15, 0.2) is 5.82 Å². The molecule has 1 aromatic carbocycles. The smallest absolute Gasteiger partial charge is 0.182 e. The van der Waals surface area contributed by atoms with Crippen LogP contribution in [0.15, 0.2) is 18.2 Å². The van der Waals surface area contributed by atoms with Crippen LogP contribution in [0.4, 0.5) is 10.1 Å². The summed E-state index contributed by atoms with van der Waals surface area (Å²) in [5.74, 6) is 0.382. The lowest BCUT2D eigenvalue weighted by molar-refractivity contribution is 0.126. The van der Waals surface area contributed by atoms with Crippen LogP contribution in [-0.2, 0) is 4.74 Å². The van der Waals surface area contributed by atoms with Crippen LogP contribution < -0.4 is 5.73 Å². The number of halogens is 1. The SMILES string of the molecule is COCC(C(C)C)n1nnnc1-c1ccc(F)c(N)c1. The number of methoxy groups -OCH3 is 1. The number of benzene rings is 1. The largest absolute Gasteiger partial charge is 0.396 e. The van der Waals surface area contributed by atoms with Crippen molar-refractivity contribution < 1.29 is 9.13 Å². The average molecular weight is 279 g/mol. The molecule has 0 aliphatic rings. The van der Waals surface area contributed by atoms with Crippen molar-refractivity contribution in [3.63, 3.8) is 0 Å². The topological polar surface area (TPSA) is 78.8 Å². The molecule has 108 valence electrons. The number of hydrogen-bond acceptors (Lipinski definition) is 5. The maximum atomic E-state index is 13.2. The van der Waals surface area contributed by atoms with Crippen molar-refractivity contribution in [2.75, 3.05) is 19.5 Å². The normalized spacial score (nSPS) is 12.8. The highest BCUT2D eigenvalue weighted by atomic mass is 19.1. The molecule has 1 aromatic heterocycles. The van der Waals surface area contributed by atoms with Crippen LogP contribution in [0.25, 0.3) is 11.4 Å². The average Bonchev–Trinajstić information content (AvgIpc) is 2.87. The first-order valence-electron chi connectivity index (χ1n) is 6.36. The minimum absolute atomic E-state index is 0.00345. The van der Waals surface area contributed by atoms with Crippen LogP contribution in [0.3, 0.4) is 0 Å². The second-order valence-electron chi connectivity index (χ2n) is 4.95. The Morgan fingerprint density at radius 1 is 1.40 bits per heavy atom. The zero-order valence-electron chi connectivity index (χ0n) is 11.7. The highest BCUT2D eigenvalue weighted by molar-refractivity contribution is 5.61. The predicted octanol–water partition coefficient (Wildman–Crippen LogP) is 1.90. The first-order valence-corrected chi connectivity index (χ1v) is 6.36. The third-order valence-electron chi connectivity index (χ3n) is 3.17. The Hall–Kier alpha value is -2.02. The standard InChI is InChI=1S/C13H18FN5O/c1-8(2)12(7-20-3)19-13(16-17-18-19)9-4-5-10(14)11(15)6-9/h4-6,8,12H,7,15H2,1-3H3. The Balaban J connectivity index is 2.43. The van der Waals surface area contributed by atoms with E-state index in [1.54, 1.807) is 17.9 Å². The zero-order chi connectivity index (χ0) is 14.7. The van der Waals surface area contributed by atoms with Crippen LogP contribution in [0.2, 0.25) is 0 Å². The van der Waals surface area contributed by atoms with Gasteiger partial charge in [-0.3, -0.25) is 0 Å². The molecule has 0 aliphatic heterocycles. The summed E-state index contributed by atoms with van der Waals surface area (Å²) in [7, 11) is 1.63. The van der Waals surface area contributed by atoms with Crippen molar-refractivity contribution in [3.8, 4) is 11.4 Å². The Morgan fingerprint density at radius 2 is 2.15 bits per heavy atom. The molecule has 0 radical (unpaired) electrons. The van der Waals surface area contributed by atoms with Crippen LogP contribution in [0.5, 0.6) is 0 Å². The van der Waals surface area contributed by atoms with Crippen LogP contribution >= 0.6 is 0 Å². The zero-order valence-corrected chi connectivity index (χ0v) is 11.7. The van der Waals surface area contributed by atoms with Crippen molar-refractivity contribution in [3.05, 3.63) is 24.0 Å². The number of rotatable bonds is 5. The van der Waals surface area contributed by atoms with E-state index < -0.39 is 5.82 Å². The fourth-order valence-corrected chi connectivity index (χ4v) is 2.01. The molecule has 0 saturated carbocycles. The quantitative estimate of drug-likeness (QED) is 0.846. The molecule has 1 unspecified atom stereocenters. The van der Waals surface area contributed by atoms with Crippen LogP contribution in [-0.4, -0.2) is 33.9 Å². The molecule has 0 aliphatic carbocycles. The van der Waals surface area contributed by atoms with Gasteiger partial charge in [0.25, 0.3) is 0 Å². The first kappa shape index (κ1) is 14.4. The van der Waals surface area contributed by atoms with E-state index in [1.165, 1.54) is 12.1 Å². The van der Waals surface area contributed by atoms with E-state index in [1.807, 2.05) is 0 Å². The van der Waals surface area contributed by atoms with Crippen molar-refractivity contribution in [2.24, 2.45) is 5.92 Å². The molecule has 0 fully saturated rings. The molecule has 2 N–H and O–H groups in total. The molecule has 20 heavy (non-hydrogen) atoms. The van der Waals surface area contributed by atoms with Gasteiger partial charge in [-0.1, -0.05) is 13.8 Å². The van der Waals surface area contributed by atoms with E-state index in [0.29, 0.717) is 18.0 Å². The van der Waals surface area contributed by atoms with Gasteiger partial charge in [-0.25, -0.2) is 9.07 Å². The lowest BCUT2D eigenvalue weighted by Gasteiger charge is -2.21. The number of aromatic nitrogens is 4. The van der Waals surface area contributed by atoms with Gasteiger partial charge in [0, 0.05) is 12.7 Å². The van der Waals surface area contributed by atoms with Crippen molar-refractivity contribution in [1.82, 2.24) is 20.2 Å². The fraction of sp³-hybridized carbons (Fsp3) is 0.462. The molecule has 0 spiro atoms. The third kappa shape index (κ3) is 2.77. The number of anilines is 1. The molecule has 0 bridgehead atoms. The van der Waals surface area contributed by atoms with Crippen molar-refractivity contribution in [2.45, 2.75) is 19.9 Å². The maximum absolute atomic E-state index is 13.2. The summed E-state index contributed by atoms with van der Waals surface area (Å²) in [6, 6.07) is 4.45. The second kappa shape index (κ2) is 5.96. The lowest BCUT2D eigenvalue weighted by atomic mass is 10.0. The first-order chi connectivity index (χ1) is 9.54. The number of ether oxygens (including phenoxy) is 1. The number of hydrogen-bond donors (Lipinski definition) is 1.